The fourth-order valence-electron chi connectivity index (χ4n) is 4.69. The van der Waals surface area contributed by atoms with Gasteiger partial charge >= 0.3 is 0 Å². The minimum Gasteiger partial charge on any atom is -0.463 e. The van der Waals surface area contributed by atoms with Crippen LogP contribution < -0.4 is 5.32 Å². The van der Waals surface area contributed by atoms with E-state index in [2.05, 4.69) is 40.5 Å². The summed E-state index contributed by atoms with van der Waals surface area (Å²) in [5, 5.41) is 4.05. The van der Waals surface area contributed by atoms with E-state index in [4.69, 9.17) is 4.42 Å². The fourth-order valence-corrected chi connectivity index (χ4v) is 4.69. The largest absolute Gasteiger partial charge is 0.463 e. The highest BCUT2D eigenvalue weighted by Crippen LogP contribution is 2.50. The van der Waals surface area contributed by atoms with Gasteiger partial charge in [0, 0.05) is 30.6 Å². The first-order valence-corrected chi connectivity index (χ1v) is 9.27. The van der Waals surface area contributed by atoms with Crippen molar-refractivity contribution >= 4 is 16.9 Å². The molecule has 2 saturated heterocycles. The molecule has 0 atom stereocenters. The third kappa shape index (κ3) is 2.53. The summed E-state index contributed by atoms with van der Waals surface area (Å²) in [6.07, 6.45) is 3.94. The van der Waals surface area contributed by atoms with Gasteiger partial charge in [0.2, 0.25) is 0 Å². The molecule has 2 aliphatic heterocycles. The van der Waals surface area contributed by atoms with Crippen LogP contribution in [0, 0.1) is 5.92 Å². The van der Waals surface area contributed by atoms with Crippen molar-refractivity contribution in [1.82, 2.24) is 10.2 Å². The van der Waals surface area contributed by atoms with Crippen molar-refractivity contribution in [3.8, 4) is 0 Å². The number of furan rings is 1. The lowest BCUT2D eigenvalue weighted by Crippen LogP contribution is -2.53. The number of rotatable bonds is 5. The summed E-state index contributed by atoms with van der Waals surface area (Å²) in [7, 11) is 0. The van der Waals surface area contributed by atoms with E-state index in [0.29, 0.717) is 12.1 Å². The Morgan fingerprint density at radius 2 is 1.88 bits per heavy atom. The number of benzene rings is 2. The molecule has 0 spiro atoms. The third-order valence-electron chi connectivity index (χ3n) is 6.01. The Bertz CT molecular complexity index is 941. The summed E-state index contributed by atoms with van der Waals surface area (Å²) >= 11 is 0. The minimum absolute atomic E-state index is 0.0423. The van der Waals surface area contributed by atoms with Crippen LogP contribution in [0.25, 0.3) is 11.0 Å². The number of hydrogen-bond acceptors (Lipinski definition) is 3. The first-order valence-electron chi connectivity index (χ1n) is 9.27. The summed E-state index contributed by atoms with van der Waals surface area (Å²) in [4.78, 5) is 15.3. The normalized spacial score (nSPS) is 24.5. The minimum atomic E-state index is -0.0423. The number of para-hydroxylation sites is 1. The first-order chi connectivity index (χ1) is 12.7. The van der Waals surface area contributed by atoms with Gasteiger partial charge in [-0.15, -0.1) is 0 Å². The first kappa shape index (κ1) is 15.6. The van der Waals surface area contributed by atoms with Crippen LogP contribution in [-0.4, -0.2) is 29.4 Å². The number of amides is 1. The van der Waals surface area contributed by atoms with Crippen LogP contribution in [0.2, 0.25) is 0 Å². The molecule has 3 aromatic rings. The number of carbonyl (C=O) groups is 1. The average Bonchev–Trinajstić information content (AvgIpc) is 3.31. The second-order valence-corrected chi connectivity index (χ2v) is 7.69. The number of hydrogen-bond donors (Lipinski definition) is 1. The standard InChI is InChI=1S/C22H22N2O2/c25-21(19-14-26-20-9-5-4-8-18(19)20)23-15-22-10-17(11-22)13-24(22)12-16-6-2-1-3-7-16/h1-9,14,17H,10-13,15H2,(H,23,25). The van der Waals surface area contributed by atoms with Crippen molar-refractivity contribution in [3.05, 3.63) is 72.0 Å². The molecule has 2 aromatic carbocycles. The molecule has 0 radical (unpaired) electrons. The van der Waals surface area contributed by atoms with Crippen LogP contribution in [0.15, 0.2) is 65.3 Å². The molecule has 0 unspecified atom stereocenters. The molecule has 4 heteroatoms. The lowest BCUT2D eigenvalue weighted by molar-refractivity contribution is 0.0799. The van der Waals surface area contributed by atoms with Crippen molar-refractivity contribution in [2.24, 2.45) is 5.92 Å². The zero-order valence-electron chi connectivity index (χ0n) is 14.7. The van der Waals surface area contributed by atoms with Gasteiger partial charge < -0.3 is 9.73 Å². The SMILES string of the molecule is O=C(NCC12CC(CN1Cc1ccccc1)C2)c1coc2ccccc12. The topological polar surface area (TPSA) is 45.5 Å². The van der Waals surface area contributed by atoms with E-state index in [1.54, 1.807) is 6.26 Å². The molecule has 1 amide bonds. The van der Waals surface area contributed by atoms with E-state index < -0.39 is 0 Å². The monoisotopic (exact) mass is 346 g/mol. The predicted octanol–water partition coefficient (Wildman–Crippen LogP) is 3.83. The molecule has 3 fully saturated rings. The molecule has 1 aromatic heterocycles. The van der Waals surface area contributed by atoms with E-state index in [1.807, 2.05) is 24.3 Å². The van der Waals surface area contributed by atoms with Crippen molar-refractivity contribution in [1.29, 1.82) is 0 Å². The Morgan fingerprint density at radius 3 is 2.73 bits per heavy atom. The summed E-state index contributed by atoms with van der Waals surface area (Å²) < 4.78 is 5.51. The van der Waals surface area contributed by atoms with E-state index in [-0.39, 0.29) is 11.4 Å². The molecule has 3 heterocycles. The molecule has 1 saturated carbocycles. The summed E-state index contributed by atoms with van der Waals surface area (Å²) in [5.41, 5.74) is 2.84. The molecule has 1 aliphatic carbocycles. The van der Waals surface area contributed by atoms with Gasteiger partial charge in [0.25, 0.3) is 5.91 Å². The summed E-state index contributed by atoms with van der Waals surface area (Å²) in [6.45, 7) is 2.80. The Hall–Kier alpha value is -2.59. The van der Waals surface area contributed by atoms with Gasteiger partial charge in [-0.2, -0.15) is 0 Å². The molecule has 132 valence electrons. The lowest BCUT2D eigenvalue weighted by Gasteiger charge is -2.42. The molecule has 4 nitrogen and oxygen atoms in total. The quantitative estimate of drug-likeness (QED) is 0.764. The van der Waals surface area contributed by atoms with Gasteiger partial charge in [-0.05, 0) is 30.4 Å². The van der Waals surface area contributed by atoms with Crippen molar-refractivity contribution in [3.63, 3.8) is 0 Å². The van der Waals surface area contributed by atoms with Crippen LogP contribution in [0.5, 0.6) is 0 Å². The van der Waals surface area contributed by atoms with Gasteiger partial charge in [-0.3, -0.25) is 9.69 Å². The van der Waals surface area contributed by atoms with E-state index in [1.165, 1.54) is 18.4 Å². The van der Waals surface area contributed by atoms with E-state index in [9.17, 15) is 4.79 Å². The lowest BCUT2D eigenvalue weighted by atomic mass is 9.73. The van der Waals surface area contributed by atoms with Gasteiger partial charge in [-0.25, -0.2) is 0 Å². The van der Waals surface area contributed by atoms with Crippen LogP contribution >= 0.6 is 0 Å². The zero-order chi connectivity index (χ0) is 17.6. The van der Waals surface area contributed by atoms with Crippen molar-refractivity contribution < 1.29 is 9.21 Å². The Kier molecular flexibility index (Phi) is 3.61. The van der Waals surface area contributed by atoms with E-state index in [0.717, 1.165) is 30.0 Å². The molecule has 26 heavy (non-hydrogen) atoms. The molecule has 3 aliphatic rings. The van der Waals surface area contributed by atoms with Crippen LogP contribution in [-0.2, 0) is 6.54 Å². The number of carbonyl (C=O) groups excluding carboxylic acids is 1. The van der Waals surface area contributed by atoms with Crippen molar-refractivity contribution in [2.75, 3.05) is 13.1 Å². The third-order valence-corrected chi connectivity index (χ3v) is 6.01. The predicted molar refractivity (Wildman–Crippen MR) is 101 cm³/mol. The Balaban J connectivity index is 1.29. The highest BCUT2D eigenvalue weighted by molar-refractivity contribution is 6.05. The summed E-state index contributed by atoms with van der Waals surface area (Å²) in [5.74, 6) is 0.740. The number of fused-ring (bicyclic) bond motifs is 2. The van der Waals surface area contributed by atoms with Gasteiger partial charge in [0.1, 0.15) is 11.8 Å². The number of nitrogens with zero attached hydrogens (tertiary/aromatic N) is 1. The zero-order valence-corrected chi connectivity index (χ0v) is 14.7. The smallest absolute Gasteiger partial charge is 0.255 e. The van der Waals surface area contributed by atoms with Gasteiger partial charge in [0.15, 0.2) is 0 Å². The second-order valence-electron chi connectivity index (χ2n) is 7.69. The molecular weight excluding hydrogens is 324 g/mol. The fraction of sp³-hybridized carbons (Fsp3) is 0.318. The van der Waals surface area contributed by atoms with Gasteiger partial charge in [-0.1, -0.05) is 48.5 Å². The molecule has 2 bridgehead atoms. The van der Waals surface area contributed by atoms with Crippen LogP contribution in [0.4, 0.5) is 0 Å². The Morgan fingerprint density at radius 1 is 1.12 bits per heavy atom. The highest BCUT2D eigenvalue weighted by atomic mass is 16.3. The number of nitrogens with one attached hydrogen (secondary N) is 1. The maximum atomic E-state index is 12.7. The van der Waals surface area contributed by atoms with Gasteiger partial charge in [0.05, 0.1) is 5.56 Å². The molecule has 6 rings (SSSR count). The average molecular weight is 346 g/mol. The maximum Gasteiger partial charge on any atom is 0.255 e. The van der Waals surface area contributed by atoms with Crippen molar-refractivity contribution in [2.45, 2.75) is 24.9 Å². The van der Waals surface area contributed by atoms with Crippen LogP contribution in [0.1, 0.15) is 28.8 Å². The van der Waals surface area contributed by atoms with Crippen LogP contribution in [0.3, 0.4) is 0 Å². The Labute approximate surface area is 152 Å². The molecule has 1 N–H and O–H groups in total. The maximum absolute atomic E-state index is 12.7. The summed E-state index contributed by atoms with van der Waals surface area (Å²) in [6, 6.07) is 18.3. The second kappa shape index (κ2) is 5.99. The molecular formula is C22H22N2O2. The van der Waals surface area contributed by atoms with E-state index >= 15 is 0 Å². The highest BCUT2D eigenvalue weighted by Gasteiger charge is 2.55.